The van der Waals surface area contributed by atoms with Crippen LogP contribution < -0.4 is 9.47 Å². The lowest BCUT2D eigenvalue weighted by Crippen LogP contribution is -2.55. The average Bonchev–Trinajstić information content (AvgIpc) is 3.15. The predicted molar refractivity (Wildman–Crippen MR) is 126 cm³/mol. The van der Waals surface area contributed by atoms with Gasteiger partial charge in [0.15, 0.2) is 11.6 Å². The third-order valence-electron chi connectivity index (χ3n) is 7.87. The van der Waals surface area contributed by atoms with Crippen molar-refractivity contribution in [2.45, 2.75) is 56.8 Å². The molecule has 174 valence electrons. The summed E-state index contributed by atoms with van der Waals surface area (Å²) in [5, 5.41) is 11.4. The fraction of sp³-hybridized carbons (Fsp3) is 0.464. The third kappa shape index (κ3) is 3.87. The lowest BCUT2D eigenvalue weighted by atomic mass is 9.63. The summed E-state index contributed by atoms with van der Waals surface area (Å²) in [6.45, 7) is 0. The van der Waals surface area contributed by atoms with E-state index in [-0.39, 0.29) is 11.7 Å². The molecule has 2 saturated carbocycles. The summed E-state index contributed by atoms with van der Waals surface area (Å²) in [6.07, 6.45) is 7.19. The number of hydrogen-bond acceptors (Lipinski definition) is 5. The van der Waals surface area contributed by atoms with Crippen molar-refractivity contribution in [3.05, 3.63) is 65.2 Å². The van der Waals surface area contributed by atoms with Gasteiger partial charge < -0.3 is 19.3 Å². The van der Waals surface area contributed by atoms with Crippen LogP contribution in [-0.2, 0) is 9.53 Å². The minimum absolute atomic E-state index is 0.00923. The van der Waals surface area contributed by atoms with E-state index in [0.29, 0.717) is 19.3 Å². The highest BCUT2D eigenvalue weighted by Gasteiger charge is 2.61. The first-order chi connectivity index (χ1) is 16.0. The molecule has 1 saturated heterocycles. The number of allylic oxidation sites excluding steroid dienone is 1. The van der Waals surface area contributed by atoms with Gasteiger partial charge in [-0.25, -0.2) is 0 Å². The molecule has 1 N–H and O–H groups in total. The molecule has 5 heteroatoms. The van der Waals surface area contributed by atoms with Crippen molar-refractivity contribution >= 4 is 11.9 Å². The molecule has 0 radical (unpaired) electrons. The number of hydrogen-bond donors (Lipinski definition) is 1. The van der Waals surface area contributed by atoms with Gasteiger partial charge in [0.05, 0.1) is 25.7 Å². The first-order valence-corrected chi connectivity index (χ1v) is 11.9. The topological polar surface area (TPSA) is 65.0 Å². The van der Waals surface area contributed by atoms with Crippen LogP contribution in [0.4, 0.5) is 0 Å². The number of ether oxygens (including phenoxy) is 3. The number of aliphatic hydroxyl groups is 1. The van der Waals surface area contributed by atoms with Gasteiger partial charge in [-0.05, 0) is 79.1 Å². The Labute approximate surface area is 195 Å². The zero-order valence-corrected chi connectivity index (χ0v) is 19.4. The highest BCUT2D eigenvalue weighted by Crippen LogP contribution is 2.61. The number of ketones is 1. The average molecular weight is 449 g/mol. The normalized spacial score (nSPS) is 32.7. The molecule has 3 fully saturated rings. The van der Waals surface area contributed by atoms with Crippen molar-refractivity contribution < 1.29 is 24.1 Å². The van der Waals surface area contributed by atoms with Crippen LogP contribution in [0.2, 0.25) is 0 Å². The summed E-state index contributed by atoms with van der Waals surface area (Å²) in [5.74, 6) is 0.548. The van der Waals surface area contributed by atoms with Crippen LogP contribution in [0.1, 0.15) is 62.2 Å². The van der Waals surface area contributed by atoms with Gasteiger partial charge in [-0.2, -0.15) is 0 Å². The van der Waals surface area contributed by atoms with Crippen molar-refractivity contribution in [1.29, 1.82) is 0 Å². The lowest BCUT2D eigenvalue weighted by Gasteiger charge is -2.53. The summed E-state index contributed by atoms with van der Waals surface area (Å²) in [7, 11) is 3.28. The van der Waals surface area contributed by atoms with E-state index in [0.717, 1.165) is 53.9 Å². The molecule has 1 heterocycles. The van der Waals surface area contributed by atoms with Crippen LogP contribution >= 0.6 is 0 Å². The van der Waals surface area contributed by atoms with Crippen molar-refractivity contribution in [2.24, 2.45) is 11.3 Å². The van der Waals surface area contributed by atoms with E-state index in [1.54, 1.807) is 14.2 Å². The van der Waals surface area contributed by atoms with E-state index in [9.17, 15) is 9.90 Å². The molecular formula is C28H32O5. The molecule has 1 aliphatic heterocycles. The van der Waals surface area contributed by atoms with Gasteiger partial charge in [-0.1, -0.05) is 30.7 Å². The summed E-state index contributed by atoms with van der Waals surface area (Å²) in [5.41, 5.74) is 2.10. The van der Waals surface area contributed by atoms with Crippen LogP contribution in [-0.4, -0.2) is 30.9 Å². The molecule has 1 spiro atoms. The maximum absolute atomic E-state index is 14.0. The smallest absolute Gasteiger partial charge is 0.169 e. The highest BCUT2D eigenvalue weighted by atomic mass is 16.6. The van der Waals surface area contributed by atoms with Gasteiger partial charge in [-0.15, -0.1) is 0 Å². The summed E-state index contributed by atoms with van der Waals surface area (Å²) in [6, 6.07) is 15.5. The molecule has 2 aromatic carbocycles. The minimum Gasteiger partial charge on any atom is -0.497 e. The summed E-state index contributed by atoms with van der Waals surface area (Å²) < 4.78 is 17.1. The van der Waals surface area contributed by atoms with Gasteiger partial charge in [0, 0.05) is 12.3 Å². The molecule has 5 nitrogen and oxygen atoms in total. The lowest BCUT2D eigenvalue weighted by molar-refractivity contribution is -0.323. The summed E-state index contributed by atoms with van der Waals surface area (Å²) in [4.78, 5) is 14.0. The Hall–Kier alpha value is -2.63. The van der Waals surface area contributed by atoms with Gasteiger partial charge in [-0.3, -0.25) is 4.79 Å². The first-order valence-electron chi connectivity index (χ1n) is 11.9. The largest absolute Gasteiger partial charge is 0.497 e. The second-order valence-electron chi connectivity index (χ2n) is 9.69. The number of Topliss-reactive ketones (excluding diaryl/α,β-unsaturated/α-hetero) is 1. The fourth-order valence-electron chi connectivity index (χ4n) is 6.03. The Morgan fingerprint density at radius 3 is 2.30 bits per heavy atom. The monoisotopic (exact) mass is 448 g/mol. The molecule has 33 heavy (non-hydrogen) atoms. The molecule has 2 aromatic rings. The Morgan fingerprint density at radius 1 is 0.970 bits per heavy atom. The second kappa shape index (κ2) is 8.62. The molecule has 5 rings (SSSR count). The van der Waals surface area contributed by atoms with Crippen molar-refractivity contribution in [1.82, 2.24) is 0 Å². The van der Waals surface area contributed by atoms with Gasteiger partial charge in [0.2, 0.25) is 0 Å². The fourth-order valence-corrected chi connectivity index (χ4v) is 6.03. The van der Waals surface area contributed by atoms with E-state index >= 15 is 0 Å². The van der Waals surface area contributed by atoms with Crippen LogP contribution in [0, 0.1) is 11.3 Å². The Morgan fingerprint density at radius 2 is 1.64 bits per heavy atom. The van der Waals surface area contributed by atoms with Crippen molar-refractivity contribution in [3.8, 4) is 11.5 Å². The number of methoxy groups -OCH3 is 2. The predicted octanol–water partition coefficient (Wildman–Crippen LogP) is 5.48. The molecule has 4 atom stereocenters. The van der Waals surface area contributed by atoms with Crippen LogP contribution in [0.25, 0.3) is 6.08 Å². The van der Waals surface area contributed by atoms with E-state index in [2.05, 4.69) is 0 Å². The zero-order valence-electron chi connectivity index (χ0n) is 19.4. The number of fused-ring (bicyclic) bond motifs is 1. The number of benzene rings is 2. The zero-order chi connectivity index (χ0) is 23.1. The van der Waals surface area contributed by atoms with Crippen molar-refractivity contribution in [2.75, 3.05) is 14.2 Å². The summed E-state index contributed by atoms with van der Waals surface area (Å²) >= 11 is 0. The second-order valence-corrected chi connectivity index (χ2v) is 9.69. The molecular weight excluding hydrogens is 416 g/mol. The van der Waals surface area contributed by atoms with Gasteiger partial charge in [0.25, 0.3) is 0 Å². The molecule has 0 unspecified atom stereocenters. The van der Waals surface area contributed by atoms with Gasteiger partial charge >= 0.3 is 0 Å². The maximum atomic E-state index is 14.0. The quantitative estimate of drug-likeness (QED) is 0.628. The number of carbonyl (C=O) groups excluding carboxylic acids is 1. The standard InChI is InChI=1S/C28H32O5/c1-31-23-10-6-19(7-11-23)17-21-14-16-27(25(21)29)18-22-5-3-4-15-28(22,30)33-26(27)20-8-12-24(32-2)13-9-20/h6-13,17,22,26,30H,3-5,14-16,18H2,1-2H3/b21-17+/t22-,26-,27-,28+/m0/s1. The number of rotatable bonds is 4. The Kier molecular flexibility index (Phi) is 5.79. The SMILES string of the molecule is COc1ccc(/C=C2\CC[C@]3(C[C@@H]4CCCC[C@@]4(O)O[C@H]3c3ccc(OC)cc3)C2=O)cc1. The molecule has 0 aromatic heterocycles. The highest BCUT2D eigenvalue weighted by molar-refractivity contribution is 6.06. The third-order valence-corrected chi connectivity index (χ3v) is 7.87. The molecule has 0 bridgehead atoms. The maximum Gasteiger partial charge on any atom is 0.169 e. The van der Waals surface area contributed by atoms with Gasteiger partial charge in [0.1, 0.15) is 11.5 Å². The van der Waals surface area contributed by atoms with E-state index in [1.807, 2.05) is 54.6 Å². The first kappa shape index (κ1) is 22.2. The van der Waals surface area contributed by atoms with Crippen molar-refractivity contribution in [3.63, 3.8) is 0 Å². The minimum atomic E-state index is -1.16. The van der Waals surface area contributed by atoms with Crippen LogP contribution in [0.3, 0.4) is 0 Å². The Balaban J connectivity index is 1.52. The molecule has 3 aliphatic rings. The molecule has 0 amide bonds. The Bertz CT molecular complexity index is 1040. The molecule has 2 aliphatic carbocycles. The van der Waals surface area contributed by atoms with Crippen LogP contribution in [0.5, 0.6) is 11.5 Å². The van der Waals surface area contributed by atoms with E-state index < -0.39 is 17.3 Å². The van der Waals surface area contributed by atoms with Crippen LogP contribution in [0.15, 0.2) is 54.1 Å². The number of carbonyl (C=O) groups is 1. The van der Waals surface area contributed by atoms with E-state index in [1.165, 1.54) is 0 Å². The van der Waals surface area contributed by atoms with E-state index in [4.69, 9.17) is 14.2 Å².